The fraction of sp³-hybridized carbons (Fsp3) is 0.667. The van der Waals surface area contributed by atoms with Gasteiger partial charge in [0.1, 0.15) is 0 Å². The number of hydrogen-bond acceptors (Lipinski definition) is 2. The molecule has 1 aliphatic carbocycles. The standard InChI is InChI=1S/C18H28ClNS/c1-3-12-20-18(15-6-4-14(2)5-7-15)13-21-17-10-8-16(19)9-11-17/h8-11,14-15,18,20H,3-7,12-13H2,1-2H3. The first-order valence-electron chi connectivity index (χ1n) is 8.30. The highest BCUT2D eigenvalue weighted by molar-refractivity contribution is 7.99. The van der Waals surface area contributed by atoms with Gasteiger partial charge in [0.25, 0.3) is 0 Å². The van der Waals surface area contributed by atoms with Crippen molar-refractivity contribution in [3.8, 4) is 0 Å². The van der Waals surface area contributed by atoms with Crippen LogP contribution in [0.4, 0.5) is 0 Å². The van der Waals surface area contributed by atoms with E-state index in [1.54, 1.807) is 0 Å². The Hall–Kier alpha value is -0.180. The summed E-state index contributed by atoms with van der Waals surface area (Å²) < 4.78 is 0. The van der Waals surface area contributed by atoms with Gasteiger partial charge in [-0.05, 0) is 61.9 Å². The van der Waals surface area contributed by atoms with Crippen LogP contribution >= 0.6 is 23.4 Å². The van der Waals surface area contributed by atoms with E-state index in [1.807, 2.05) is 23.9 Å². The molecule has 0 heterocycles. The minimum Gasteiger partial charge on any atom is -0.313 e. The first-order chi connectivity index (χ1) is 10.2. The zero-order valence-electron chi connectivity index (χ0n) is 13.3. The van der Waals surface area contributed by atoms with E-state index in [9.17, 15) is 0 Å². The average molecular weight is 326 g/mol. The number of thioether (sulfide) groups is 1. The highest BCUT2D eigenvalue weighted by Gasteiger charge is 2.25. The fourth-order valence-corrected chi connectivity index (χ4v) is 4.31. The summed E-state index contributed by atoms with van der Waals surface area (Å²) in [7, 11) is 0. The Balaban J connectivity index is 1.87. The van der Waals surface area contributed by atoms with Crippen molar-refractivity contribution in [3.63, 3.8) is 0 Å². The summed E-state index contributed by atoms with van der Waals surface area (Å²) in [5.74, 6) is 2.95. The third-order valence-corrected chi connectivity index (χ3v) is 5.91. The van der Waals surface area contributed by atoms with Gasteiger partial charge in [-0.25, -0.2) is 0 Å². The summed E-state index contributed by atoms with van der Waals surface area (Å²) in [4.78, 5) is 1.33. The quantitative estimate of drug-likeness (QED) is 0.652. The van der Waals surface area contributed by atoms with E-state index < -0.39 is 0 Å². The second-order valence-corrected chi connectivity index (χ2v) is 7.88. The lowest BCUT2D eigenvalue weighted by Crippen LogP contribution is -2.40. The number of rotatable bonds is 7. The van der Waals surface area contributed by atoms with Gasteiger partial charge in [0.05, 0.1) is 0 Å². The molecule has 118 valence electrons. The van der Waals surface area contributed by atoms with Gasteiger partial charge < -0.3 is 5.32 Å². The van der Waals surface area contributed by atoms with Crippen LogP contribution in [-0.2, 0) is 0 Å². The van der Waals surface area contributed by atoms with Crippen LogP contribution in [0.25, 0.3) is 0 Å². The first-order valence-corrected chi connectivity index (χ1v) is 9.67. The molecule has 1 aromatic carbocycles. The molecule has 0 radical (unpaired) electrons. The molecule has 0 bridgehead atoms. The van der Waals surface area contributed by atoms with Crippen molar-refractivity contribution in [1.29, 1.82) is 0 Å². The third-order valence-electron chi connectivity index (χ3n) is 4.53. The van der Waals surface area contributed by atoms with Crippen molar-refractivity contribution in [1.82, 2.24) is 5.32 Å². The van der Waals surface area contributed by atoms with E-state index in [4.69, 9.17) is 11.6 Å². The van der Waals surface area contributed by atoms with Gasteiger partial charge in [-0.15, -0.1) is 11.8 Å². The van der Waals surface area contributed by atoms with Crippen LogP contribution in [0, 0.1) is 11.8 Å². The molecule has 1 aliphatic rings. The molecule has 0 saturated heterocycles. The minimum atomic E-state index is 0.651. The molecule has 1 aromatic rings. The van der Waals surface area contributed by atoms with Gasteiger partial charge >= 0.3 is 0 Å². The highest BCUT2D eigenvalue weighted by atomic mass is 35.5. The topological polar surface area (TPSA) is 12.0 Å². The van der Waals surface area contributed by atoms with E-state index in [-0.39, 0.29) is 0 Å². The smallest absolute Gasteiger partial charge is 0.0406 e. The minimum absolute atomic E-state index is 0.651. The molecule has 0 amide bonds. The number of nitrogens with one attached hydrogen (secondary N) is 1. The summed E-state index contributed by atoms with van der Waals surface area (Å²) in [5, 5.41) is 4.61. The molecule has 0 aromatic heterocycles. The van der Waals surface area contributed by atoms with Crippen LogP contribution < -0.4 is 5.32 Å². The number of hydrogen-bond donors (Lipinski definition) is 1. The van der Waals surface area contributed by atoms with Gasteiger partial charge in [-0.2, -0.15) is 0 Å². The summed E-state index contributed by atoms with van der Waals surface area (Å²) in [6.07, 6.45) is 6.81. The molecule has 1 nitrogen and oxygen atoms in total. The first kappa shape index (κ1) is 17.2. The molecular formula is C18H28ClNS. The Morgan fingerprint density at radius 1 is 1.19 bits per heavy atom. The Kier molecular flexibility index (Phi) is 7.42. The maximum Gasteiger partial charge on any atom is 0.0406 e. The number of halogens is 1. The van der Waals surface area contributed by atoms with Gasteiger partial charge in [0, 0.05) is 21.7 Å². The predicted octanol–water partition coefficient (Wildman–Crippen LogP) is 5.63. The molecule has 0 spiro atoms. The molecule has 3 heteroatoms. The maximum absolute atomic E-state index is 5.96. The van der Waals surface area contributed by atoms with Crippen molar-refractivity contribution in [2.75, 3.05) is 12.3 Å². The molecule has 0 aliphatic heterocycles. The fourth-order valence-electron chi connectivity index (χ4n) is 3.10. The van der Waals surface area contributed by atoms with Gasteiger partial charge in [-0.3, -0.25) is 0 Å². The Morgan fingerprint density at radius 3 is 2.48 bits per heavy atom. The molecular weight excluding hydrogens is 298 g/mol. The zero-order valence-corrected chi connectivity index (χ0v) is 14.8. The van der Waals surface area contributed by atoms with Gasteiger partial charge in [0.15, 0.2) is 0 Å². The predicted molar refractivity (Wildman–Crippen MR) is 95.4 cm³/mol. The van der Waals surface area contributed by atoms with E-state index >= 15 is 0 Å². The van der Waals surface area contributed by atoms with E-state index in [2.05, 4.69) is 31.3 Å². The largest absolute Gasteiger partial charge is 0.313 e. The average Bonchev–Trinajstić information content (AvgIpc) is 2.50. The van der Waals surface area contributed by atoms with E-state index in [0.717, 1.165) is 23.4 Å². The number of benzene rings is 1. The summed E-state index contributed by atoms with van der Waals surface area (Å²) in [5.41, 5.74) is 0. The molecule has 1 fully saturated rings. The molecule has 1 saturated carbocycles. The van der Waals surface area contributed by atoms with Crippen molar-refractivity contribution < 1.29 is 0 Å². The normalized spacial score (nSPS) is 24.0. The lowest BCUT2D eigenvalue weighted by atomic mass is 9.79. The van der Waals surface area contributed by atoms with E-state index in [1.165, 1.54) is 42.8 Å². The van der Waals surface area contributed by atoms with Crippen molar-refractivity contribution in [2.24, 2.45) is 11.8 Å². The second-order valence-electron chi connectivity index (χ2n) is 6.35. The third kappa shape index (κ3) is 5.84. The maximum atomic E-state index is 5.96. The monoisotopic (exact) mass is 325 g/mol. The van der Waals surface area contributed by atoms with Crippen molar-refractivity contribution in [3.05, 3.63) is 29.3 Å². The van der Waals surface area contributed by atoms with E-state index in [0.29, 0.717) is 6.04 Å². The Labute approximate surface area is 139 Å². The lowest BCUT2D eigenvalue weighted by Gasteiger charge is -2.33. The molecule has 21 heavy (non-hydrogen) atoms. The van der Waals surface area contributed by atoms with Crippen LogP contribution in [0.2, 0.25) is 5.02 Å². The van der Waals surface area contributed by atoms with Crippen molar-refractivity contribution in [2.45, 2.75) is 56.9 Å². The van der Waals surface area contributed by atoms with Crippen LogP contribution in [0.5, 0.6) is 0 Å². The van der Waals surface area contributed by atoms with Crippen molar-refractivity contribution >= 4 is 23.4 Å². The summed E-state index contributed by atoms with van der Waals surface area (Å²) in [6, 6.07) is 8.89. The lowest BCUT2D eigenvalue weighted by molar-refractivity contribution is 0.242. The molecule has 1 atom stereocenters. The zero-order chi connectivity index (χ0) is 15.1. The van der Waals surface area contributed by atoms with Crippen LogP contribution in [0.1, 0.15) is 46.0 Å². The van der Waals surface area contributed by atoms with Gasteiger partial charge in [0.2, 0.25) is 0 Å². The molecule has 1 unspecified atom stereocenters. The summed E-state index contributed by atoms with van der Waals surface area (Å²) in [6.45, 7) is 5.78. The second kappa shape index (κ2) is 9.07. The van der Waals surface area contributed by atoms with Crippen LogP contribution in [0.3, 0.4) is 0 Å². The Morgan fingerprint density at radius 2 is 1.86 bits per heavy atom. The SMILES string of the molecule is CCCNC(CSc1ccc(Cl)cc1)C1CCC(C)CC1. The molecule has 2 rings (SSSR count). The Bertz CT molecular complexity index is 398. The molecule has 1 N–H and O–H groups in total. The van der Waals surface area contributed by atoms with Gasteiger partial charge in [-0.1, -0.05) is 38.3 Å². The summed E-state index contributed by atoms with van der Waals surface area (Å²) >= 11 is 7.92. The van der Waals surface area contributed by atoms with Crippen LogP contribution in [-0.4, -0.2) is 18.3 Å². The van der Waals surface area contributed by atoms with Crippen LogP contribution in [0.15, 0.2) is 29.2 Å². The highest BCUT2D eigenvalue weighted by Crippen LogP contribution is 2.32.